The molecule has 0 saturated carbocycles. The van der Waals surface area contributed by atoms with Crippen LogP contribution in [0.25, 0.3) is 0 Å². The van der Waals surface area contributed by atoms with Crippen LogP contribution in [0.2, 0.25) is 10.0 Å². The van der Waals surface area contributed by atoms with Crippen molar-refractivity contribution in [2.45, 2.75) is 11.3 Å². The molecule has 0 amide bonds. The molecule has 0 fully saturated rings. The number of ether oxygens (including phenoxy) is 1. The lowest BCUT2D eigenvalue weighted by Gasteiger charge is -2.10. The average Bonchev–Trinajstić information content (AvgIpc) is 2.46. The Morgan fingerprint density at radius 3 is 2.36 bits per heavy atom. The van der Waals surface area contributed by atoms with Gasteiger partial charge in [-0.25, -0.2) is 13.1 Å². The van der Waals surface area contributed by atoms with Gasteiger partial charge < -0.3 is 4.74 Å². The average molecular weight is 360 g/mol. The lowest BCUT2D eigenvalue weighted by atomic mass is 10.1. The number of sulfonamides is 1. The molecule has 0 unspecified atom stereocenters. The number of para-hydroxylation sites is 1. The highest BCUT2D eigenvalue weighted by Crippen LogP contribution is 2.22. The van der Waals surface area contributed by atoms with Crippen molar-refractivity contribution >= 4 is 33.2 Å². The Bertz CT molecular complexity index is 743. The zero-order valence-corrected chi connectivity index (χ0v) is 14.2. The van der Waals surface area contributed by atoms with E-state index in [1.54, 1.807) is 7.11 Å². The largest absolute Gasteiger partial charge is 0.496 e. The second-order valence-corrected chi connectivity index (χ2v) is 7.20. The number of hydrogen-bond acceptors (Lipinski definition) is 3. The van der Waals surface area contributed by atoms with E-state index in [1.807, 2.05) is 24.3 Å². The standard InChI is InChI=1S/C15H15Cl2NO3S/c1-21-15-5-3-2-4-11(15)6-7-18-22(19,20)14-9-12(16)8-13(17)10-14/h2-5,8-10,18H,6-7H2,1H3. The van der Waals surface area contributed by atoms with Crippen LogP contribution in [0.4, 0.5) is 0 Å². The Labute approximate surface area is 140 Å². The Morgan fingerprint density at radius 2 is 1.73 bits per heavy atom. The molecule has 1 N–H and O–H groups in total. The van der Waals surface area contributed by atoms with Gasteiger partial charge in [0.05, 0.1) is 12.0 Å². The molecule has 0 radical (unpaired) electrons. The predicted molar refractivity (Wildman–Crippen MR) is 88.3 cm³/mol. The first-order chi connectivity index (χ1) is 10.4. The summed E-state index contributed by atoms with van der Waals surface area (Å²) in [6.45, 7) is 0.243. The summed E-state index contributed by atoms with van der Waals surface area (Å²) < 4.78 is 32.2. The highest BCUT2D eigenvalue weighted by Gasteiger charge is 2.15. The van der Waals surface area contributed by atoms with Gasteiger partial charge in [0.15, 0.2) is 0 Å². The SMILES string of the molecule is COc1ccccc1CCNS(=O)(=O)c1cc(Cl)cc(Cl)c1. The van der Waals surface area contributed by atoms with Crippen LogP contribution in [0.15, 0.2) is 47.4 Å². The number of methoxy groups -OCH3 is 1. The van der Waals surface area contributed by atoms with E-state index in [0.717, 1.165) is 11.3 Å². The lowest BCUT2D eigenvalue weighted by molar-refractivity contribution is 0.409. The minimum atomic E-state index is -3.65. The molecule has 0 heterocycles. The summed E-state index contributed by atoms with van der Waals surface area (Å²) in [5.74, 6) is 0.729. The molecule has 2 rings (SSSR count). The monoisotopic (exact) mass is 359 g/mol. The van der Waals surface area contributed by atoms with Crippen molar-refractivity contribution in [2.75, 3.05) is 13.7 Å². The highest BCUT2D eigenvalue weighted by atomic mass is 35.5. The van der Waals surface area contributed by atoms with Gasteiger partial charge in [0.2, 0.25) is 10.0 Å². The van der Waals surface area contributed by atoms with Crippen LogP contribution in [0.5, 0.6) is 5.75 Å². The fraction of sp³-hybridized carbons (Fsp3) is 0.200. The van der Waals surface area contributed by atoms with Gasteiger partial charge >= 0.3 is 0 Å². The van der Waals surface area contributed by atoms with Gasteiger partial charge in [-0.05, 0) is 36.2 Å². The Kier molecular flexibility index (Phi) is 5.69. The molecule has 0 saturated heterocycles. The molecule has 118 valence electrons. The van der Waals surface area contributed by atoms with Crippen LogP contribution >= 0.6 is 23.2 Å². The maximum absolute atomic E-state index is 12.2. The van der Waals surface area contributed by atoms with Crippen molar-refractivity contribution < 1.29 is 13.2 Å². The van der Waals surface area contributed by atoms with E-state index < -0.39 is 10.0 Å². The fourth-order valence-electron chi connectivity index (χ4n) is 2.00. The zero-order chi connectivity index (χ0) is 16.2. The van der Waals surface area contributed by atoms with E-state index in [4.69, 9.17) is 27.9 Å². The summed E-state index contributed by atoms with van der Waals surface area (Å²) in [5, 5.41) is 0.551. The summed E-state index contributed by atoms with van der Waals surface area (Å²) >= 11 is 11.7. The van der Waals surface area contributed by atoms with E-state index in [0.29, 0.717) is 6.42 Å². The molecular weight excluding hydrogens is 345 g/mol. The first kappa shape index (κ1) is 17.1. The van der Waals surface area contributed by atoms with E-state index in [9.17, 15) is 8.42 Å². The van der Waals surface area contributed by atoms with Gasteiger partial charge in [0.1, 0.15) is 5.75 Å². The topological polar surface area (TPSA) is 55.4 Å². The maximum atomic E-state index is 12.2. The molecule has 22 heavy (non-hydrogen) atoms. The third-order valence-electron chi connectivity index (χ3n) is 3.03. The molecule has 2 aromatic rings. The first-order valence-electron chi connectivity index (χ1n) is 6.50. The molecular formula is C15H15Cl2NO3S. The summed E-state index contributed by atoms with van der Waals surface area (Å²) in [5.41, 5.74) is 0.928. The van der Waals surface area contributed by atoms with Crippen LogP contribution in [0.3, 0.4) is 0 Å². The summed E-state index contributed by atoms with van der Waals surface area (Å²) in [7, 11) is -2.07. The minimum Gasteiger partial charge on any atom is -0.496 e. The van der Waals surface area contributed by atoms with E-state index in [1.165, 1.54) is 18.2 Å². The molecule has 0 aliphatic carbocycles. The fourth-order valence-corrected chi connectivity index (χ4v) is 3.75. The molecule has 2 aromatic carbocycles. The van der Waals surface area contributed by atoms with Crippen LogP contribution in [0.1, 0.15) is 5.56 Å². The Balaban J connectivity index is 2.07. The summed E-state index contributed by atoms with van der Waals surface area (Å²) in [6.07, 6.45) is 0.511. The van der Waals surface area contributed by atoms with Crippen LogP contribution in [-0.4, -0.2) is 22.1 Å². The van der Waals surface area contributed by atoms with Crippen molar-refractivity contribution in [1.29, 1.82) is 0 Å². The van der Waals surface area contributed by atoms with E-state index in [-0.39, 0.29) is 21.5 Å². The van der Waals surface area contributed by atoms with Crippen LogP contribution in [-0.2, 0) is 16.4 Å². The van der Waals surface area contributed by atoms with E-state index >= 15 is 0 Å². The van der Waals surface area contributed by atoms with Gasteiger partial charge in [-0.3, -0.25) is 0 Å². The van der Waals surface area contributed by atoms with Gasteiger partial charge in [-0.15, -0.1) is 0 Å². The minimum absolute atomic E-state index is 0.0463. The molecule has 0 atom stereocenters. The molecule has 0 aliphatic heterocycles. The first-order valence-corrected chi connectivity index (χ1v) is 8.74. The number of halogens is 2. The number of hydrogen-bond donors (Lipinski definition) is 1. The smallest absolute Gasteiger partial charge is 0.240 e. The van der Waals surface area contributed by atoms with Gasteiger partial charge in [0, 0.05) is 16.6 Å². The number of nitrogens with one attached hydrogen (secondary N) is 1. The van der Waals surface area contributed by atoms with Crippen molar-refractivity contribution in [2.24, 2.45) is 0 Å². The molecule has 7 heteroatoms. The second kappa shape index (κ2) is 7.33. The quantitative estimate of drug-likeness (QED) is 0.858. The lowest BCUT2D eigenvalue weighted by Crippen LogP contribution is -2.26. The molecule has 0 bridgehead atoms. The zero-order valence-electron chi connectivity index (χ0n) is 11.8. The Hall–Kier alpha value is -1.27. The highest BCUT2D eigenvalue weighted by molar-refractivity contribution is 7.89. The van der Waals surface area contributed by atoms with Gasteiger partial charge in [-0.2, -0.15) is 0 Å². The molecule has 4 nitrogen and oxygen atoms in total. The summed E-state index contributed by atoms with van der Waals surface area (Å²) in [4.78, 5) is 0.0463. The summed E-state index contributed by atoms with van der Waals surface area (Å²) in [6, 6.07) is 11.7. The van der Waals surface area contributed by atoms with Crippen molar-refractivity contribution in [3.8, 4) is 5.75 Å². The van der Waals surface area contributed by atoms with Crippen molar-refractivity contribution in [3.63, 3.8) is 0 Å². The van der Waals surface area contributed by atoms with Crippen molar-refractivity contribution in [1.82, 2.24) is 4.72 Å². The van der Waals surface area contributed by atoms with Gasteiger partial charge in [-0.1, -0.05) is 41.4 Å². The molecule has 0 spiro atoms. The molecule has 0 aromatic heterocycles. The third-order valence-corrected chi connectivity index (χ3v) is 4.90. The Morgan fingerprint density at radius 1 is 1.09 bits per heavy atom. The van der Waals surface area contributed by atoms with Crippen LogP contribution in [0, 0.1) is 0 Å². The number of benzene rings is 2. The predicted octanol–water partition coefficient (Wildman–Crippen LogP) is 3.52. The second-order valence-electron chi connectivity index (χ2n) is 4.56. The maximum Gasteiger partial charge on any atom is 0.240 e. The van der Waals surface area contributed by atoms with Crippen molar-refractivity contribution in [3.05, 3.63) is 58.1 Å². The number of rotatable bonds is 6. The normalized spacial score (nSPS) is 11.4. The van der Waals surface area contributed by atoms with Gasteiger partial charge in [0.25, 0.3) is 0 Å². The van der Waals surface area contributed by atoms with Crippen LogP contribution < -0.4 is 9.46 Å². The molecule has 0 aliphatic rings. The third kappa shape index (κ3) is 4.36. The van der Waals surface area contributed by atoms with E-state index in [2.05, 4.69) is 4.72 Å².